The molecule has 5 aromatic rings. The van der Waals surface area contributed by atoms with Gasteiger partial charge in [0.05, 0.1) is 21.2 Å². The zero-order valence-corrected chi connectivity index (χ0v) is 19.2. The standard InChI is InChI=1S/C27H19FN2O3S/c1-14(2)15-11-12-19-21(13-15)34-27(29-19)30-23(16-7-3-5-9-18(16)28)22-24(31)17-8-4-6-10-20(17)33-25(22)26(30)32/h3-14,23H,1-2H3/t23-/m0/s1. The summed E-state index contributed by atoms with van der Waals surface area (Å²) in [4.78, 5) is 33.3. The summed E-state index contributed by atoms with van der Waals surface area (Å²) in [7, 11) is 0. The molecule has 0 fully saturated rings. The number of rotatable bonds is 3. The number of nitrogens with zero attached hydrogens (tertiary/aromatic N) is 2. The van der Waals surface area contributed by atoms with Crippen molar-refractivity contribution in [1.82, 2.24) is 4.98 Å². The van der Waals surface area contributed by atoms with Crippen molar-refractivity contribution in [3.05, 3.63) is 105 Å². The first kappa shape index (κ1) is 20.7. The molecule has 0 N–H and O–H groups in total. The predicted octanol–water partition coefficient (Wildman–Crippen LogP) is 6.42. The van der Waals surface area contributed by atoms with Crippen LogP contribution in [0, 0.1) is 5.82 Å². The van der Waals surface area contributed by atoms with Crippen LogP contribution in [0.5, 0.6) is 0 Å². The quantitative estimate of drug-likeness (QED) is 0.305. The predicted molar refractivity (Wildman–Crippen MR) is 131 cm³/mol. The van der Waals surface area contributed by atoms with E-state index in [1.54, 1.807) is 42.5 Å². The summed E-state index contributed by atoms with van der Waals surface area (Å²) in [6, 6.07) is 18.0. The number of carbonyl (C=O) groups excluding carboxylic acids is 1. The monoisotopic (exact) mass is 470 g/mol. The number of carbonyl (C=O) groups is 1. The zero-order valence-electron chi connectivity index (χ0n) is 18.4. The van der Waals surface area contributed by atoms with Crippen LogP contribution in [0.1, 0.15) is 53.1 Å². The number of hydrogen-bond donors (Lipinski definition) is 0. The third-order valence-electron chi connectivity index (χ3n) is 6.25. The van der Waals surface area contributed by atoms with E-state index >= 15 is 4.39 Å². The summed E-state index contributed by atoms with van der Waals surface area (Å²) in [6.45, 7) is 4.22. The maximum absolute atomic E-state index is 15.1. The summed E-state index contributed by atoms with van der Waals surface area (Å²) >= 11 is 1.34. The zero-order chi connectivity index (χ0) is 23.6. The first-order valence-electron chi connectivity index (χ1n) is 11.0. The van der Waals surface area contributed by atoms with Gasteiger partial charge in [-0.2, -0.15) is 0 Å². The first-order valence-corrected chi connectivity index (χ1v) is 11.8. The Labute approximate surface area is 198 Å². The number of para-hydroxylation sites is 1. The summed E-state index contributed by atoms with van der Waals surface area (Å²) < 4.78 is 21.9. The molecule has 5 nitrogen and oxygen atoms in total. The number of hydrogen-bond acceptors (Lipinski definition) is 5. The molecule has 1 aliphatic heterocycles. The maximum Gasteiger partial charge on any atom is 0.297 e. The van der Waals surface area contributed by atoms with Crippen LogP contribution >= 0.6 is 11.3 Å². The second kappa shape index (κ2) is 7.60. The number of benzene rings is 3. The fourth-order valence-corrected chi connectivity index (χ4v) is 5.54. The Morgan fingerprint density at radius 3 is 2.59 bits per heavy atom. The molecule has 0 radical (unpaired) electrons. The van der Waals surface area contributed by atoms with Gasteiger partial charge in [-0.15, -0.1) is 0 Å². The van der Waals surface area contributed by atoms with E-state index in [4.69, 9.17) is 9.40 Å². The highest BCUT2D eigenvalue weighted by atomic mass is 32.1. The average molecular weight is 471 g/mol. The smallest absolute Gasteiger partial charge is 0.297 e. The van der Waals surface area contributed by atoms with Crippen LogP contribution in [0.25, 0.3) is 21.2 Å². The molecule has 1 aliphatic rings. The highest BCUT2D eigenvalue weighted by Crippen LogP contribution is 2.44. The van der Waals surface area contributed by atoms with Crippen LogP contribution < -0.4 is 10.3 Å². The summed E-state index contributed by atoms with van der Waals surface area (Å²) in [5, 5.41) is 0.743. The topological polar surface area (TPSA) is 63.4 Å². The molecule has 6 rings (SSSR count). The lowest BCUT2D eigenvalue weighted by molar-refractivity contribution is 0.0971. The molecule has 0 saturated carbocycles. The van der Waals surface area contributed by atoms with Crippen molar-refractivity contribution in [2.45, 2.75) is 25.8 Å². The molecule has 1 atom stereocenters. The molecule has 0 bridgehead atoms. The normalized spacial score (nSPS) is 15.6. The Morgan fingerprint density at radius 2 is 1.79 bits per heavy atom. The van der Waals surface area contributed by atoms with Crippen LogP contribution in [0.2, 0.25) is 0 Å². The molecular weight excluding hydrogens is 451 g/mol. The van der Waals surface area contributed by atoms with Gasteiger partial charge >= 0.3 is 0 Å². The summed E-state index contributed by atoms with van der Waals surface area (Å²) in [5.41, 5.74) is 2.23. The number of thiazole rings is 1. The minimum absolute atomic E-state index is 0.0703. The third kappa shape index (κ3) is 3.00. The number of amides is 1. The lowest BCUT2D eigenvalue weighted by atomic mass is 9.98. The molecular formula is C27H19FN2O3S. The molecule has 3 heterocycles. The van der Waals surface area contributed by atoms with Gasteiger partial charge in [-0.25, -0.2) is 9.37 Å². The highest BCUT2D eigenvalue weighted by Gasteiger charge is 2.45. The maximum atomic E-state index is 15.1. The Morgan fingerprint density at radius 1 is 1.03 bits per heavy atom. The van der Waals surface area contributed by atoms with Gasteiger partial charge in [-0.3, -0.25) is 14.5 Å². The van der Waals surface area contributed by atoms with Crippen molar-refractivity contribution in [2.75, 3.05) is 4.90 Å². The van der Waals surface area contributed by atoms with E-state index in [1.165, 1.54) is 22.3 Å². The van der Waals surface area contributed by atoms with Crippen molar-refractivity contribution in [3.8, 4) is 0 Å². The number of fused-ring (bicyclic) bond motifs is 3. The van der Waals surface area contributed by atoms with Crippen molar-refractivity contribution in [2.24, 2.45) is 0 Å². The fourth-order valence-electron chi connectivity index (χ4n) is 4.50. The summed E-state index contributed by atoms with van der Waals surface area (Å²) in [6.07, 6.45) is 0. The Kier molecular flexibility index (Phi) is 4.64. The molecule has 3 aromatic carbocycles. The van der Waals surface area contributed by atoms with Crippen LogP contribution in [0.15, 0.2) is 75.9 Å². The van der Waals surface area contributed by atoms with E-state index < -0.39 is 17.8 Å². The largest absolute Gasteiger partial charge is 0.450 e. The van der Waals surface area contributed by atoms with E-state index in [2.05, 4.69) is 19.9 Å². The molecule has 0 saturated heterocycles. The van der Waals surface area contributed by atoms with Gasteiger partial charge in [0, 0.05) is 5.56 Å². The van der Waals surface area contributed by atoms with Gasteiger partial charge in [-0.05, 0) is 41.8 Å². The van der Waals surface area contributed by atoms with Gasteiger partial charge < -0.3 is 4.42 Å². The van der Waals surface area contributed by atoms with Crippen LogP contribution in [0.3, 0.4) is 0 Å². The van der Waals surface area contributed by atoms with Crippen molar-refractivity contribution in [3.63, 3.8) is 0 Å². The van der Waals surface area contributed by atoms with Gasteiger partial charge in [-0.1, -0.05) is 61.6 Å². The van der Waals surface area contributed by atoms with Gasteiger partial charge in [0.15, 0.2) is 10.6 Å². The second-order valence-electron chi connectivity index (χ2n) is 8.65. The molecule has 0 unspecified atom stereocenters. The highest BCUT2D eigenvalue weighted by molar-refractivity contribution is 7.22. The number of anilines is 1. The van der Waals surface area contributed by atoms with E-state index in [1.807, 2.05) is 12.1 Å². The minimum atomic E-state index is -0.977. The van der Waals surface area contributed by atoms with Crippen LogP contribution in [-0.2, 0) is 0 Å². The van der Waals surface area contributed by atoms with E-state index in [-0.39, 0.29) is 22.3 Å². The van der Waals surface area contributed by atoms with Gasteiger partial charge in [0.1, 0.15) is 17.4 Å². The Bertz CT molecular complexity index is 1670. The summed E-state index contributed by atoms with van der Waals surface area (Å²) in [5.74, 6) is -0.740. The molecule has 34 heavy (non-hydrogen) atoms. The lowest BCUT2D eigenvalue weighted by Crippen LogP contribution is -2.30. The molecule has 7 heteroatoms. The van der Waals surface area contributed by atoms with Crippen molar-refractivity contribution >= 4 is 43.6 Å². The molecule has 0 aliphatic carbocycles. The van der Waals surface area contributed by atoms with Crippen LogP contribution in [-0.4, -0.2) is 10.9 Å². The fraction of sp³-hybridized carbons (Fsp3) is 0.148. The molecule has 1 amide bonds. The average Bonchev–Trinajstić information content (AvgIpc) is 3.38. The second-order valence-corrected chi connectivity index (χ2v) is 9.66. The van der Waals surface area contributed by atoms with E-state index in [0.717, 1.165) is 15.8 Å². The first-order chi connectivity index (χ1) is 16.4. The lowest BCUT2D eigenvalue weighted by Gasteiger charge is -2.22. The molecule has 168 valence electrons. The van der Waals surface area contributed by atoms with Gasteiger partial charge in [0.25, 0.3) is 5.91 Å². The van der Waals surface area contributed by atoms with Crippen molar-refractivity contribution < 1.29 is 13.6 Å². The minimum Gasteiger partial charge on any atom is -0.450 e. The molecule has 0 spiro atoms. The third-order valence-corrected chi connectivity index (χ3v) is 7.27. The number of halogens is 1. The SMILES string of the molecule is CC(C)c1ccc2nc(N3C(=O)c4oc5ccccc5c(=O)c4[C@@H]3c3ccccc3F)sc2c1. The van der Waals surface area contributed by atoms with E-state index in [9.17, 15) is 9.59 Å². The Hall–Kier alpha value is -3.84. The number of aromatic nitrogens is 1. The van der Waals surface area contributed by atoms with Gasteiger partial charge in [0.2, 0.25) is 5.76 Å². The Balaban J connectivity index is 1.62. The van der Waals surface area contributed by atoms with Crippen LogP contribution in [0.4, 0.5) is 9.52 Å². The van der Waals surface area contributed by atoms with Crippen molar-refractivity contribution in [1.29, 1.82) is 0 Å². The molecule has 2 aromatic heterocycles. The van der Waals surface area contributed by atoms with E-state index in [0.29, 0.717) is 22.0 Å².